The molecule has 1 aliphatic rings. The normalized spacial score (nSPS) is 17.5. The summed E-state index contributed by atoms with van der Waals surface area (Å²) in [5.74, 6) is 2.51. The second-order valence-electron chi connectivity index (χ2n) is 4.96. The molecular weight excluding hydrogens is 290 g/mol. The van der Waals surface area contributed by atoms with E-state index in [0.717, 1.165) is 24.5 Å². The Labute approximate surface area is 127 Å². The smallest absolute Gasteiger partial charge is 0.293 e. The van der Waals surface area contributed by atoms with Crippen LogP contribution in [0.15, 0.2) is 18.2 Å². The summed E-state index contributed by atoms with van der Waals surface area (Å²) in [4.78, 5) is 22.5. The Morgan fingerprint density at radius 2 is 2.33 bits per heavy atom. The number of anilines is 1. The van der Waals surface area contributed by atoms with Gasteiger partial charge < -0.3 is 10.6 Å². The molecule has 1 atom stereocenters. The number of nitrogens with zero attached hydrogens (tertiary/aromatic N) is 1. The summed E-state index contributed by atoms with van der Waals surface area (Å²) >= 11 is 1.91. The Balaban J connectivity index is 2.12. The van der Waals surface area contributed by atoms with Crippen LogP contribution >= 0.6 is 11.8 Å². The lowest BCUT2D eigenvalue weighted by molar-refractivity contribution is -0.384. The third kappa shape index (κ3) is 4.10. The van der Waals surface area contributed by atoms with E-state index in [1.165, 1.54) is 6.07 Å². The second kappa shape index (κ2) is 7.31. The molecule has 0 aromatic heterocycles. The number of nitrogens with one attached hydrogen (secondary N) is 2. The molecule has 0 bridgehead atoms. The van der Waals surface area contributed by atoms with Crippen molar-refractivity contribution < 1.29 is 9.72 Å². The maximum absolute atomic E-state index is 11.7. The van der Waals surface area contributed by atoms with E-state index >= 15 is 0 Å². The van der Waals surface area contributed by atoms with Crippen molar-refractivity contribution >= 4 is 29.0 Å². The molecule has 2 N–H and O–H groups in total. The minimum absolute atomic E-state index is 0.0515. The van der Waals surface area contributed by atoms with Gasteiger partial charge in [0, 0.05) is 24.7 Å². The van der Waals surface area contributed by atoms with Crippen LogP contribution in [0.2, 0.25) is 0 Å². The molecule has 0 radical (unpaired) electrons. The fraction of sp³-hybridized carbons (Fsp3) is 0.500. The van der Waals surface area contributed by atoms with Gasteiger partial charge in [0.05, 0.1) is 4.92 Å². The molecule has 1 unspecified atom stereocenters. The summed E-state index contributed by atoms with van der Waals surface area (Å²) < 4.78 is 0. The number of nitro benzene ring substituents is 1. The molecule has 1 aromatic rings. The second-order valence-corrected chi connectivity index (χ2v) is 6.11. The van der Waals surface area contributed by atoms with E-state index in [2.05, 4.69) is 10.6 Å². The van der Waals surface area contributed by atoms with Crippen molar-refractivity contribution in [1.82, 2.24) is 5.32 Å². The van der Waals surface area contributed by atoms with Crippen molar-refractivity contribution in [3.63, 3.8) is 0 Å². The molecule has 0 saturated carbocycles. The number of carbonyl (C=O) groups excluding carboxylic acids is 1. The first-order chi connectivity index (χ1) is 10.1. The zero-order valence-corrected chi connectivity index (χ0v) is 12.7. The van der Waals surface area contributed by atoms with E-state index in [-0.39, 0.29) is 11.6 Å². The van der Waals surface area contributed by atoms with Crippen LogP contribution in [0.25, 0.3) is 0 Å². The Morgan fingerprint density at radius 3 is 2.95 bits per heavy atom. The Bertz CT molecular complexity index is 530. The molecule has 0 aliphatic carbocycles. The molecule has 1 aliphatic heterocycles. The van der Waals surface area contributed by atoms with Gasteiger partial charge in [-0.1, -0.05) is 0 Å². The highest BCUT2D eigenvalue weighted by Gasteiger charge is 2.20. The SMILES string of the molecule is CCNC(=O)c1ccc(NCC2CCSC2)c([N+](=O)[O-])c1. The van der Waals surface area contributed by atoms with Crippen LogP contribution in [0.5, 0.6) is 0 Å². The van der Waals surface area contributed by atoms with Crippen LogP contribution < -0.4 is 10.6 Å². The molecule has 1 amide bonds. The quantitative estimate of drug-likeness (QED) is 0.623. The number of hydrogen-bond acceptors (Lipinski definition) is 5. The van der Waals surface area contributed by atoms with Crippen molar-refractivity contribution in [3.8, 4) is 0 Å². The Hall–Kier alpha value is -1.76. The van der Waals surface area contributed by atoms with Crippen LogP contribution in [-0.4, -0.2) is 35.4 Å². The van der Waals surface area contributed by atoms with Gasteiger partial charge >= 0.3 is 0 Å². The molecule has 1 heterocycles. The highest BCUT2D eigenvalue weighted by Crippen LogP contribution is 2.28. The first-order valence-corrected chi connectivity index (χ1v) is 8.15. The third-order valence-electron chi connectivity index (χ3n) is 3.40. The lowest BCUT2D eigenvalue weighted by atomic mass is 10.1. The maximum Gasteiger partial charge on any atom is 0.293 e. The van der Waals surface area contributed by atoms with Gasteiger partial charge in [0.15, 0.2) is 0 Å². The molecule has 21 heavy (non-hydrogen) atoms. The van der Waals surface area contributed by atoms with Crippen molar-refractivity contribution in [2.45, 2.75) is 13.3 Å². The average Bonchev–Trinajstić information content (AvgIpc) is 2.98. The summed E-state index contributed by atoms with van der Waals surface area (Å²) in [6, 6.07) is 4.56. The molecule has 0 spiro atoms. The van der Waals surface area contributed by atoms with Gasteiger partial charge in [0.1, 0.15) is 5.69 Å². The number of benzene rings is 1. The van der Waals surface area contributed by atoms with Crippen LogP contribution in [-0.2, 0) is 0 Å². The van der Waals surface area contributed by atoms with Gasteiger partial charge in [-0.25, -0.2) is 0 Å². The Morgan fingerprint density at radius 1 is 1.52 bits per heavy atom. The minimum atomic E-state index is -0.450. The van der Waals surface area contributed by atoms with Crippen LogP contribution in [0, 0.1) is 16.0 Å². The van der Waals surface area contributed by atoms with Crippen molar-refractivity contribution in [3.05, 3.63) is 33.9 Å². The van der Waals surface area contributed by atoms with Gasteiger partial charge in [-0.3, -0.25) is 14.9 Å². The first kappa shape index (κ1) is 15.6. The molecule has 1 fully saturated rings. The minimum Gasteiger partial charge on any atom is -0.379 e. The largest absolute Gasteiger partial charge is 0.379 e. The molecule has 1 saturated heterocycles. The van der Waals surface area contributed by atoms with Crippen molar-refractivity contribution in [2.24, 2.45) is 5.92 Å². The highest BCUT2D eigenvalue weighted by atomic mass is 32.2. The molecular formula is C14H19N3O3S. The number of hydrogen-bond donors (Lipinski definition) is 2. The topological polar surface area (TPSA) is 84.3 Å². The monoisotopic (exact) mass is 309 g/mol. The summed E-state index contributed by atoms with van der Waals surface area (Å²) in [6.07, 6.45) is 1.14. The van der Waals surface area contributed by atoms with Crippen LogP contribution in [0.3, 0.4) is 0 Å². The summed E-state index contributed by atoms with van der Waals surface area (Å²) in [5, 5.41) is 17.0. The third-order valence-corrected chi connectivity index (χ3v) is 4.63. The maximum atomic E-state index is 11.7. The summed E-state index contributed by atoms with van der Waals surface area (Å²) in [5.41, 5.74) is 0.736. The zero-order valence-electron chi connectivity index (χ0n) is 11.9. The number of thioether (sulfide) groups is 1. The Kier molecular flexibility index (Phi) is 5.44. The van der Waals surface area contributed by atoms with E-state index in [1.54, 1.807) is 12.1 Å². The zero-order chi connectivity index (χ0) is 15.2. The van der Waals surface area contributed by atoms with E-state index in [0.29, 0.717) is 23.7 Å². The number of nitro groups is 1. The number of rotatable bonds is 6. The molecule has 2 rings (SSSR count). The highest BCUT2D eigenvalue weighted by molar-refractivity contribution is 7.99. The lowest BCUT2D eigenvalue weighted by Gasteiger charge is -2.12. The van der Waals surface area contributed by atoms with Gasteiger partial charge in [-0.2, -0.15) is 11.8 Å². The van der Waals surface area contributed by atoms with E-state index < -0.39 is 4.92 Å². The van der Waals surface area contributed by atoms with Gasteiger partial charge in [0.2, 0.25) is 0 Å². The number of carbonyl (C=O) groups is 1. The fourth-order valence-electron chi connectivity index (χ4n) is 2.23. The standard InChI is InChI=1S/C14H19N3O3S/c1-2-15-14(18)11-3-4-12(13(7-11)17(19)20)16-8-10-5-6-21-9-10/h3-4,7,10,16H,2,5-6,8-9H2,1H3,(H,15,18). The van der Waals surface area contributed by atoms with E-state index in [4.69, 9.17) is 0 Å². The van der Waals surface area contributed by atoms with Gasteiger partial charge in [-0.15, -0.1) is 0 Å². The molecule has 6 nitrogen and oxygen atoms in total. The van der Waals surface area contributed by atoms with E-state index in [9.17, 15) is 14.9 Å². The van der Waals surface area contributed by atoms with Gasteiger partial charge in [0.25, 0.3) is 11.6 Å². The van der Waals surface area contributed by atoms with E-state index in [1.807, 2.05) is 18.7 Å². The predicted molar refractivity (Wildman–Crippen MR) is 85.0 cm³/mol. The molecule has 1 aromatic carbocycles. The van der Waals surface area contributed by atoms with Gasteiger partial charge in [-0.05, 0) is 42.9 Å². The van der Waals surface area contributed by atoms with Crippen LogP contribution in [0.1, 0.15) is 23.7 Å². The lowest BCUT2D eigenvalue weighted by Crippen LogP contribution is -2.22. The fourth-order valence-corrected chi connectivity index (χ4v) is 3.52. The summed E-state index contributed by atoms with van der Waals surface area (Å²) in [6.45, 7) is 3.03. The molecule has 7 heteroatoms. The average molecular weight is 309 g/mol. The number of amides is 1. The van der Waals surface area contributed by atoms with Crippen molar-refractivity contribution in [2.75, 3.05) is 29.9 Å². The van der Waals surface area contributed by atoms with Crippen LogP contribution in [0.4, 0.5) is 11.4 Å². The molecule has 114 valence electrons. The van der Waals surface area contributed by atoms with Crippen molar-refractivity contribution in [1.29, 1.82) is 0 Å². The summed E-state index contributed by atoms with van der Waals surface area (Å²) in [7, 11) is 0. The first-order valence-electron chi connectivity index (χ1n) is 7.00. The predicted octanol–water partition coefficient (Wildman–Crippen LogP) is 2.51.